The minimum atomic E-state index is -0.257. The van der Waals surface area contributed by atoms with Crippen molar-refractivity contribution in [2.75, 3.05) is 0 Å². The van der Waals surface area contributed by atoms with E-state index in [9.17, 15) is 9.59 Å². The summed E-state index contributed by atoms with van der Waals surface area (Å²) in [4.78, 5) is 36.6. The van der Waals surface area contributed by atoms with Crippen LogP contribution in [0.25, 0.3) is 0 Å². The molecular formula is C21H32N6O4. The largest absolute Gasteiger partial charge is 0.483 e. The first kappa shape index (κ1) is 21.7. The maximum atomic E-state index is 13.1. The Morgan fingerprint density at radius 1 is 1.00 bits per heavy atom. The highest BCUT2D eigenvalue weighted by molar-refractivity contribution is 5.83. The average molecular weight is 433 g/mol. The fourth-order valence-electron chi connectivity index (χ4n) is 5.63. The number of carbonyl (C=O) groups is 3. The zero-order valence-electron chi connectivity index (χ0n) is 17.9. The van der Waals surface area contributed by atoms with Gasteiger partial charge in [-0.2, -0.15) is 0 Å². The Morgan fingerprint density at radius 3 is 2.32 bits per heavy atom. The van der Waals surface area contributed by atoms with Crippen molar-refractivity contribution < 1.29 is 19.5 Å². The van der Waals surface area contributed by atoms with E-state index >= 15 is 0 Å². The molecule has 5 rings (SSSR count). The molecule has 0 spiro atoms. The molecule has 1 aliphatic carbocycles. The van der Waals surface area contributed by atoms with Gasteiger partial charge in [0.1, 0.15) is 0 Å². The van der Waals surface area contributed by atoms with Crippen molar-refractivity contribution in [1.29, 1.82) is 0 Å². The third kappa shape index (κ3) is 4.57. The average Bonchev–Trinajstić information content (AvgIpc) is 3.05. The lowest BCUT2D eigenvalue weighted by Crippen LogP contribution is -2.60. The lowest BCUT2D eigenvalue weighted by atomic mass is 9.78. The van der Waals surface area contributed by atoms with Gasteiger partial charge in [-0.1, -0.05) is 12.8 Å². The highest BCUT2D eigenvalue weighted by atomic mass is 16.3. The van der Waals surface area contributed by atoms with Crippen LogP contribution in [0.15, 0.2) is 0 Å². The van der Waals surface area contributed by atoms with Gasteiger partial charge < -0.3 is 15.3 Å². The first-order chi connectivity index (χ1) is 15.1. The van der Waals surface area contributed by atoms with Gasteiger partial charge in [0, 0.05) is 30.6 Å². The number of rotatable bonds is 3. The Kier molecular flexibility index (Phi) is 6.82. The fraction of sp³-hybridized carbons (Fsp3) is 0.810. The molecule has 1 aromatic rings. The van der Waals surface area contributed by atoms with E-state index in [0.717, 1.165) is 64.3 Å². The van der Waals surface area contributed by atoms with E-state index in [-0.39, 0.29) is 30.3 Å². The molecule has 3 aliphatic heterocycles. The van der Waals surface area contributed by atoms with Crippen LogP contribution in [0.2, 0.25) is 0 Å². The Labute approximate surface area is 181 Å². The number of carboxylic acid groups (broad SMARTS) is 1. The molecule has 4 atom stereocenters. The van der Waals surface area contributed by atoms with Gasteiger partial charge >= 0.3 is 0 Å². The molecule has 10 nitrogen and oxygen atoms in total. The monoisotopic (exact) mass is 432 g/mol. The van der Waals surface area contributed by atoms with E-state index in [0.29, 0.717) is 23.8 Å². The molecule has 2 bridgehead atoms. The summed E-state index contributed by atoms with van der Waals surface area (Å²) in [6.45, 7) is 0.540. The van der Waals surface area contributed by atoms with Crippen LogP contribution < -0.4 is 5.32 Å². The molecule has 2 amide bonds. The SMILES string of the molecule is O=C(NC1C[C@H]2CCC[C@@H](C1)N2C(=O)C1CCC1)C1CCCCn2nnnc21.O=CO. The summed E-state index contributed by atoms with van der Waals surface area (Å²) < 4.78 is 1.78. The molecule has 170 valence electrons. The van der Waals surface area contributed by atoms with Crippen molar-refractivity contribution in [3.8, 4) is 0 Å². The number of carbonyl (C=O) groups excluding carboxylic acids is 2. The molecule has 0 radical (unpaired) electrons. The number of aryl methyl sites for hydroxylation is 1. The summed E-state index contributed by atoms with van der Waals surface area (Å²) in [6, 6.07) is 0.747. The summed E-state index contributed by atoms with van der Waals surface area (Å²) in [7, 11) is 0. The van der Waals surface area contributed by atoms with Crippen LogP contribution in [-0.2, 0) is 20.9 Å². The van der Waals surface area contributed by atoms with Gasteiger partial charge in [-0.3, -0.25) is 14.4 Å². The third-order valence-corrected chi connectivity index (χ3v) is 7.33. The summed E-state index contributed by atoms with van der Waals surface area (Å²) in [5.74, 6) is 1.15. The van der Waals surface area contributed by atoms with Gasteiger partial charge in [-0.05, 0) is 68.2 Å². The third-order valence-electron chi connectivity index (χ3n) is 7.33. The van der Waals surface area contributed by atoms with Crippen molar-refractivity contribution in [1.82, 2.24) is 30.4 Å². The molecule has 4 heterocycles. The van der Waals surface area contributed by atoms with Gasteiger partial charge in [0.2, 0.25) is 11.8 Å². The molecule has 2 unspecified atom stereocenters. The number of tetrazole rings is 1. The standard InChI is InChI=1S/C20H30N6O2.CH2O2/c27-19(17-9-1-2-10-25-18(17)22-23-24-25)21-14-11-15-7-4-8-16(12-14)26(15)20(28)13-5-3-6-13;2-1-3/h13-17H,1-12H2,(H,21,27);1H,(H,2,3)/t14?,15-,16+,17?;. The Balaban J connectivity index is 0.000000730. The van der Waals surface area contributed by atoms with Crippen molar-refractivity contribution >= 4 is 18.3 Å². The lowest BCUT2D eigenvalue weighted by Gasteiger charge is -2.50. The smallest absolute Gasteiger partial charge is 0.290 e. The number of fused-ring (bicyclic) bond motifs is 3. The minimum Gasteiger partial charge on any atom is -0.483 e. The van der Waals surface area contributed by atoms with Crippen LogP contribution in [0.3, 0.4) is 0 Å². The van der Waals surface area contributed by atoms with Gasteiger partial charge in [0.25, 0.3) is 6.47 Å². The second-order valence-electron chi connectivity index (χ2n) is 9.20. The molecule has 2 N–H and O–H groups in total. The first-order valence-corrected chi connectivity index (χ1v) is 11.6. The summed E-state index contributed by atoms with van der Waals surface area (Å²) in [5.41, 5.74) is 0. The number of piperidine rings is 2. The van der Waals surface area contributed by atoms with E-state index in [4.69, 9.17) is 9.90 Å². The van der Waals surface area contributed by atoms with E-state index in [2.05, 4.69) is 25.7 Å². The molecule has 0 aromatic carbocycles. The van der Waals surface area contributed by atoms with Crippen LogP contribution in [0.4, 0.5) is 0 Å². The van der Waals surface area contributed by atoms with Gasteiger partial charge in [0.15, 0.2) is 5.82 Å². The number of hydrogen-bond donors (Lipinski definition) is 2. The number of amides is 2. The zero-order valence-corrected chi connectivity index (χ0v) is 17.9. The molecule has 1 aromatic heterocycles. The topological polar surface area (TPSA) is 130 Å². The predicted molar refractivity (Wildman–Crippen MR) is 110 cm³/mol. The molecular weight excluding hydrogens is 400 g/mol. The molecule has 31 heavy (non-hydrogen) atoms. The molecule has 2 saturated heterocycles. The Morgan fingerprint density at radius 2 is 1.68 bits per heavy atom. The Bertz CT molecular complexity index is 781. The first-order valence-electron chi connectivity index (χ1n) is 11.6. The van der Waals surface area contributed by atoms with Crippen molar-refractivity contribution in [2.45, 2.75) is 101 Å². The van der Waals surface area contributed by atoms with Gasteiger partial charge in [-0.25, -0.2) is 4.68 Å². The Hall–Kier alpha value is -2.52. The zero-order chi connectivity index (χ0) is 21.8. The molecule has 3 fully saturated rings. The van der Waals surface area contributed by atoms with Crippen molar-refractivity contribution in [2.24, 2.45) is 5.92 Å². The number of nitrogens with one attached hydrogen (secondary N) is 1. The number of nitrogens with zero attached hydrogens (tertiary/aromatic N) is 5. The molecule has 10 heteroatoms. The summed E-state index contributed by atoms with van der Waals surface area (Å²) in [6.07, 6.45) is 11.2. The van der Waals surface area contributed by atoms with Crippen LogP contribution in [0, 0.1) is 5.92 Å². The van der Waals surface area contributed by atoms with E-state index < -0.39 is 0 Å². The maximum Gasteiger partial charge on any atom is 0.290 e. The predicted octanol–water partition coefficient (Wildman–Crippen LogP) is 1.47. The van der Waals surface area contributed by atoms with Crippen LogP contribution in [-0.4, -0.2) is 66.6 Å². The van der Waals surface area contributed by atoms with Crippen molar-refractivity contribution in [3.05, 3.63) is 5.82 Å². The van der Waals surface area contributed by atoms with E-state index in [1.807, 2.05) is 0 Å². The van der Waals surface area contributed by atoms with Crippen molar-refractivity contribution in [3.63, 3.8) is 0 Å². The number of hydrogen-bond acceptors (Lipinski definition) is 6. The highest BCUT2D eigenvalue weighted by Gasteiger charge is 2.44. The fourth-order valence-corrected chi connectivity index (χ4v) is 5.63. The van der Waals surface area contributed by atoms with Crippen LogP contribution >= 0.6 is 0 Å². The maximum absolute atomic E-state index is 13.1. The molecule has 4 aliphatic rings. The van der Waals surface area contributed by atoms with Crippen LogP contribution in [0.5, 0.6) is 0 Å². The molecule has 1 saturated carbocycles. The number of aromatic nitrogens is 4. The lowest BCUT2D eigenvalue weighted by molar-refractivity contribution is -0.149. The minimum absolute atomic E-state index is 0.0554. The van der Waals surface area contributed by atoms with Gasteiger partial charge in [-0.15, -0.1) is 5.10 Å². The summed E-state index contributed by atoms with van der Waals surface area (Å²) >= 11 is 0. The quantitative estimate of drug-likeness (QED) is 0.692. The second-order valence-corrected chi connectivity index (χ2v) is 9.20. The normalized spacial score (nSPS) is 30.0. The van der Waals surface area contributed by atoms with Gasteiger partial charge in [0.05, 0.1) is 5.92 Å². The highest BCUT2D eigenvalue weighted by Crippen LogP contribution is 2.38. The summed E-state index contributed by atoms with van der Waals surface area (Å²) in [5, 5.41) is 22.1. The second kappa shape index (κ2) is 9.74. The van der Waals surface area contributed by atoms with E-state index in [1.54, 1.807) is 4.68 Å². The van der Waals surface area contributed by atoms with Crippen LogP contribution in [0.1, 0.15) is 82.4 Å². The van der Waals surface area contributed by atoms with E-state index in [1.165, 1.54) is 12.8 Å².